The fourth-order valence-electron chi connectivity index (χ4n) is 0.887. The molecule has 2 N–H and O–H groups in total. The zero-order valence-corrected chi connectivity index (χ0v) is 7.75. The van der Waals surface area contributed by atoms with Gasteiger partial charge in [-0.2, -0.15) is 0 Å². The van der Waals surface area contributed by atoms with Crippen molar-refractivity contribution in [1.29, 1.82) is 0 Å². The van der Waals surface area contributed by atoms with Crippen molar-refractivity contribution in [1.82, 2.24) is 4.90 Å². The summed E-state index contributed by atoms with van der Waals surface area (Å²) in [4.78, 5) is 1.96. The maximum absolute atomic E-state index is 5.30. The monoisotopic (exact) mass is 164 g/mol. The van der Waals surface area contributed by atoms with Crippen molar-refractivity contribution in [3.63, 3.8) is 0 Å². The molecular weight excluding hydrogens is 148 g/mol. The van der Waals surface area contributed by atoms with E-state index in [1.165, 1.54) is 6.20 Å². The first-order valence-electron chi connectivity index (χ1n) is 3.72. The average molecular weight is 164 g/mol. The van der Waals surface area contributed by atoms with Gasteiger partial charge in [0.15, 0.2) is 0 Å². The van der Waals surface area contributed by atoms with Crippen LogP contribution in [0, 0.1) is 0 Å². The van der Waals surface area contributed by atoms with Gasteiger partial charge in [-0.15, -0.1) is 0 Å². The molecule has 2 nitrogen and oxygen atoms in total. The summed E-state index contributed by atoms with van der Waals surface area (Å²) in [6, 6.07) is 0. The second-order valence-corrected chi connectivity index (χ2v) is 2.50. The Morgan fingerprint density at radius 1 is 1.25 bits per heavy atom. The third-order valence-corrected chi connectivity index (χ3v) is 1.47. The standard InChI is InChI=1S/C10H16N2/c1-5-9(6-2)10(7-8-11)12(3)4/h5-8H,1-2,11H2,3-4H3. The number of nitrogens with two attached hydrogens (primary N) is 1. The van der Waals surface area contributed by atoms with E-state index < -0.39 is 0 Å². The van der Waals surface area contributed by atoms with Gasteiger partial charge in [-0.3, -0.25) is 0 Å². The van der Waals surface area contributed by atoms with Crippen LogP contribution in [0.5, 0.6) is 0 Å². The maximum Gasteiger partial charge on any atom is 0.0448 e. The lowest BCUT2D eigenvalue weighted by Gasteiger charge is -2.15. The number of hydrogen-bond donors (Lipinski definition) is 1. The molecule has 0 aromatic carbocycles. The SMILES string of the molecule is C=CC(C=C)=C(C=CN)N(C)C. The molecule has 0 aliphatic heterocycles. The summed E-state index contributed by atoms with van der Waals surface area (Å²) < 4.78 is 0. The second kappa shape index (κ2) is 5.24. The maximum atomic E-state index is 5.30. The minimum atomic E-state index is 0.974. The smallest absolute Gasteiger partial charge is 0.0448 e. The summed E-state index contributed by atoms with van der Waals surface area (Å²) in [6.07, 6.45) is 6.83. The van der Waals surface area contributed by atoms with Crippen molar-refractivity contribution in [3.8, 4) is 0 Å². The molecule has 0 atom stereocenters. The largest absolute Gasteiger partial charge is 0.405 e. The molecule has 12 heavy (non-hydrogen) atoms. The van der Waals surface area contributed by atoms with Gasteiger partial charge in [-0.05, 0) is 17.8 Å². The predicted octanol–water partition coefficient (Wildman–Crippen LogP) is 1.65. The summed E-state index contributed by atoms with van der Waals surface area (Å²) in [5, 5.41) is 0. The molecule has 0 aliphatic rings. The molecule has 0 spiro atoms. The van der Waals surface area contributed by atoms with Crippen molar-refractivity contribution < 1.29 is 0 Å². The third kappa shape index (κ3) is 2.66. The van der Waals surface area contributed by atoms with Gasteiger partial charge >= 0.3 is 0 Å². The Balaban J connectivity index is 5.01. The van der Waals surface area contributed by atoms with E-state index in [0.717, 1.165) is 11.3 Å². The van der Waals surface area contributed by atoms with Gasteiger partial charge in [0.1, 0.15) is 0 Å². The Bertz CT molecular complexity index is 212. The van der Waals surface area contributed by atoms with Crippen molar-refractivity contribution >= 4 is 0 Å². The molecule has 0 aromatic heterocycles. The Hall–Kier alpha value is -1.44. The van der Waals surface area contributed by atoms with Gasteiger partial charge in [0.05, 0.1) is 0 Å². The Morgan fingerprint density at radius 2 is 1.75 bits per heavy atom. The quantitative estimate of drug-likeness (QED) is 0.640. The molecule has 0 aliphatic carbocycles. The van der Waals surface area contributed by atoms with Crippen LogP contribution in [0.2, 0.25) is 0 Å². The van der Waals surface area contributed by atoms with Gasteiger partial charge in [0.2, 0.25) is 0 Å². The lowest BCUT2D eigenvalue weighted by molar-refractivity contribution is 0.527. The molecule has 0 radical (unpaired) electrons. The zero-order chi connectivity index (χ0) is 9.56. The Kier molecular flexibility index (Phi) is 4.61. The molecule has 66 valence electrons. The van der Waals surface area contributed by atoms with E-state index in [2.05, 4.69) is 13.2 Å². The van der Waals surface area contributed by atoms with Crippen LogP contribution < -0.4 is 5.73 Å². The van der Waals surface area contributed by atoms with Gasteiger partial charge in [-0.1, -0.05) is 25.3 Å². The molecule has 0 heterocycles. The fraction of sp³-hybridized carbons (Fsp3) is 0.200. The summed E-state index contributed by atoms with van der Waals surface area (Å²) in [6.45, 7) is 7.37. The third-order valence-electron chi connectivity index (χ3n) is 1.47. The van der Waals surface area contributed by atoms with Crippen LogP contribution in [0.3, 0.4) is 0 Å². The first kappa shape index (κ1) is 10.6. The van der Waals surface area contributed by atoms with E-state index in [-0.39, 0.29) is 0 Å². The van der Waals surface area contributed by atoms with Crippen LogP contribution >= 0.6 is 0 Å². The van der Waals surface area contributed by atoms with E-state index in [1.807, 2.05) is 25.1 Å². The number of nitrogens with zero attached hydrogens (tertiary/aromatic N) is 1. The molecule has 0 saturated carbocycles. The van der Waals surface area contributed by atoms with Crippen LogP contribution in [0.4, 0.5) is 0 Å². The summed E-state index contributed by atoms with van der Waals surface area (Å²) >= 11 is 0. The van der Waals surface area contributed by atoms with Gasteiger partial charge in [0, 0.05) is 19.8 Å². The lowest BCUT2D eigenvalue weighted by Crippen LogP contribution is -2.11. The van der Waals surface area contributed by atoms with E-state index in [9.17, 15) is 0 Å². The van der Waals surface area contributed by atoms with Gasteiger partial charge in [-0.25, -0.2) is 0 Å². The highest BCUT2D eigenvalue weighted by Crippen LogP contribution is 2.10. The zero-order valence-electron chi connectivity index (χ0n) is 7.75. The summed E-state index contributed by atoms with van der Waals surface area (Å²) in [5.74, 6) is 0. The first-order chi connectivity index (χ1) is 5.67. The topological polar surface area (TPSA) is 29.3 Å². The van der Waals surface area contributed by atoms with Crippen molar-refractivity contribution in [2.24, 2.45) is 5.73 Å². The van der Waals surface area contributed by atoms with E-state index in [0.29, 0.717) is 0 Å². The molecule has 0 bridgehead atoms. The van der Waals surface area contributed by atoms with Crippen LogP contribution in [-0.2, 0) is 0 Å². The highest BCUT2D eigenvalue weighted by atomic mass is 15.1. The lowest BCUT2D eigenvalue weighted by atomic mass is 10.2. The number of hydrogen-bond acceptors (Lipinski definition) is 2. The number of allylic oxidation sites excluding steroid dienone is 4. The van der Waals surface area contributed by atoms with Gasteiger partial charge < -0.3 is 10.6 Å². The number of rotatable bonds is 4. The van der Waals surface area contributed by atoms with Gasteiger partial charge in [0.25, 0.3) is 0 Å². The molecule has 0 saturated heterocycles. The van der Waals surface area contributed by atoms with E-state index in [1.54, 1.807) is 12.2 Å². The molecular formula is C10H16N2. The number of likely N-dealkylation sites (N-methyl/N-ethyl adjacent to an activating group) is 1. The van der Waals surface area contributed by atoms with E-state index in [4.69, 9.17) is 5.73 Å². The summed E-state index contributed by atoms with van der Waals surface area (Å²) in [7, 11) is 3.89. The van der Waals surface area contributed by atoms with Crippen molar-refractivity contribution in [3.05, 3.63) is 48.9 Å². The second-order valence-electron chi connectivity index (χ2n) is 2.50. The molecule has 0 rings (SSSR count). The molecule has 0 unspecified atom stereocenters. The Labute approximate surface area is 74.4 Å². The minimum Gasteiger partial charge on any atom is -0.405 e. The Morgan fingerprint density at radius 3 is 2.00 bits per heavy atom. The average Bonchev–Trinajstić information content (AvgIpc) is 2.05. The van der Waals surface area contributed by atoms with Crippen molar-refractivity contribution in [2.75, 3.05) is 14.1 Å². The molecule has 0 aromatic rings. The van der Waals surface area contributed by atoms with E-state index >= 15 is 0 Å². The highest BCUT2D eigenvalue weighted by Gasteiger charge is 1.98. The normalized spacial score (nSPS) is 9.50. The summed E-state index contributed by atoms with van der Waals surface area (Å²) in [5.41, 5.74) is 7.28. The molecule has 2 heteroatoms. The molecule has 0 fully saturated rings. The fourth-order valence-corrected chi connectivity index (χ4v) is 0.887. The minimum absolute atomic E-state index is 0.974. The first-order valence-corrected chi connectivity index (χ1v) is 3.72. The highest BCUT2D eigenvalue weighted by molar-refractivity contribution is 5.37. The van der Waals surface area contributed by atoms with Crippen LogP contribution in [-0.4, -0.2) is 19.0 Å². The van der Waals surface area contributed by atoms with Crippen LogP contribution in [0.15, 0.2) is 48.9 Å². The van der Waals surface area contributed by atoms with Crippen molar-refractivity contribution in [2.45, 2.75) is 0 Å². The molecule has 0 amide bonds. The predicted molar refractivity (Wildman–Crippen MR) is 54.4 cm³/mol. The van der Waals surface area contributed by atoms with Crippen LogP contribution in [0.1, 0.15) is 0 Å². The van der Waals surface area contributed by atoms with Crippen LogP contribution in [0.25, 0.3) is 0 Å².